The van der Waals surface area contributed by atoms with E-state index in [0.717, 1.165) is 0 Å². The highest BCUT2D eigenvalue weighted by molar-refractivity contribution is 6.55. The van der Waals surface area contributed by atoms with E-state index in [4.69, 9.17) is 0 Å². The number of likely N-dealkylation sites (N-methyl/N-ethyl adjacent to an activating group) is 1. The molecule has 2 aliphatic rings. The lowest BCUT2D eigenvalue weighted by Crippen LogP contribution is -2.36. The molecule has 2 aromatic heterocycles. The molecule has 0 saturated heterocycles. The van der Waals surface area contributed by atoms with Crippen LogP contribution in [0.3, 0.4) is 0 Å². The molecule has 4 heterocycles. The summed E-state index contributed by atoms with van der Waals surface area (Å²) in [6.45, 7) is 6.20. The van der Waals surface area contributed by atoms with Crippen LogP contribution in [0, 0.1) is 0 Å². The second-order valence-electron chi connectivity index (χ2n) is 6.46. The normalized spacial score (nSPS) is 18.8. The lowest BCUT2D eigenvalue weighted by molar-refractivity contribution is -0.113. The second-order valence-corrected chi connectivity index (χ2v) is 6.46. The Morgan fingerprint density at radius 3 is 2.44 bits per heavy atom. The lowest BCUT2D eigenvalue weighted by atomic mass is 10.2. The molecular weight excluding hydrogens is 344 g/mol. The molecule has 2 aromatic rings. The molecule has 0 N–H and O–H groups in total. The van der Waals surface area contributed by atoms with Crippen LogP contribution in [0.1, 0.15) is 32.0 Å². The summed E-state index contributed by atoms with van der Waals surface area (Å²) >= 11 is 0. The number of carbonyl (C=O) groups is 2. The topological polar surface area (TPSA) is 91.1 Å². The van der Waals surface area contributed by atoms with E-state index in [1.54, 1.807) is 40.4 Å². The van der Waals surface area contributed by atoms with Crippen molar-refractivity contribution in [3.63, 3.8) is 0 Å². The molecule has 0 saturated carbocycles. The summed E-state index contributed by atoms with van der Waals surface area (Å²) in [5, 5.41) is 8.31. The van der Waals surface area contributed by atoms with Gasteiger partial charge in [0.1, 0.15) is 11.5 Å². The van der Waals surface area contributed by atoms with Gasteiger partial charge in [0.2, 0.25) is 0 Å². The monoisotopic (exact) mass is 362 g/mol. The molecule has 2 amide bonds. The third-order valence-corrected chi connectivity index (χ3v) is 4.52. The number of aromatic nitrogens is 2. The number of hydrogen-bond donors (Lipinski definition) is 0. The highest BCUT2D eigenvalue weighted by atomic mass is 16.2. The molecule has 8 nitrogen and oxygen atoms in total. The molecule has 136 valence electrons. The van der Waals surface area contributed by atoms with E-state index >= 15 is 0 Å². The van der Waals surface area contributed by atoms with E-state index < -0.39 is 0 Å². The van der Waals surface area contributed by atoms with E-state index in [0.29, 0.717) is 29.3 Å². The average molecular weight is 362 g/mol. The molecule has 0 unspecified atom stereocenters. The summed E-state index contributed by atoms with van der Waals surface area (Å²) in [5.74, 6) is 0.0121. The van der Waals surface area contributed by atoms with Gasteiger partial charge in [0, 0.05) is 25.0 Å². The van der Waals surface area contributed by atoms with Crippen molar-refractivity contribution in [1.29, 1.82) is 0 Å². The van der Waals surface area contributed by atoms with E-state index in [1.807, 2.05) is 26.8 Å². The third-order valence-electron chi connectivity index (χ3n) is 4.52. The van der Waals surface area contributed by atoms with Crippen LogP contribution in [-0.2, 0) is 9.59 Å². The van der Waals surface area contributed by atoms with Crippen molar-refractivity contribution in [2.75, 3.05) is 16.3 Å². The summed E-state index contributed by atoms with van der Waals surface area (Å²) in [5.41, 5.74) is 2.11. The van der Waals surface area contributed by atoms with Gasteiger partial charge in [-0.1, -0.05) is 0 Å². The first kappa shape index (κ1) is 17.0. The van der Waals surface area contributed by atoms with Crippen LogP contribution in [0.4, 0.5) is 11.5 Å². The maximum atomic E-state index is 12.8. The van der Waals surface area contributed by atoms with Crippen molar-refractivity contribution < 1.29 is 9.59 Å². The quantitative estimate of drug-likeness (QED) is 0.779. The van der Waals surface area contributed by atoms with Gasteiger partial charge in [0.25, 0.3) is 11.8 Å². The van der Waals surface area contributed by atoms with Gasteiger partial charge in [-0.2, -0.15) is 0 Å². The fourth-order valence-electron chi connectivity index (χ4n) is 3.31. The minimum atomic E-state index is -0.276. The average Bonchev–Trinajstić information content (AvgIpc) is 3.10. The number of rotatable bonds is 3. The van der Waals surface area contributed by atoms with Crippen molar-refractivity contribution in [3.8, 4) is 0 Å². The molecule has 0 spiro atoms. The zero-order valence-corrected chi connectivity index (χ0v) is 15.2. The van der Waals surface area contributed by atoms with Gasteiger partial charge >= 0.3 is 0 Å². The van der Waals surface area contributed by atoms with Crippen LogP contribution in [-0.4, -0.2) is 45.8 Å². The zero-order chi connectivity index (χ0) is 19.1. The van der Waals surface area contributed by atoms with Crippen LogP contribution in [0.2, 0.25) is 0 Å². The molecule has 0 fully saturated rings. The van der Waals surface area contributed by atoms with E-state index in [1.165, 1.54) is 0 Å². The Labute approximate surface area is 156 Å². The molecule has 4 rings (SSSR count). The van der Waals surface area contributed by atoms with Crippen LogP contribution < -0.4 is 9.80 Å². The van der Waals surface area contributed by atoms with Gasteiger partial charge in [-0.15, -0.1) is 10.2 Å². The first-order valence-electron chi connectivity index (χ1n) is 8.76. The molecular formula is C19H18N6O2. The number of fused-ring (bicyclic) bond motifs is 2. The SMILES string of the molecule is CCN1C(=O)/C(=N\N=C2/C(=O)N(C(C)C)c3ncccc32)c2ncccc21. The first-order valence-corrected chi connectivity index (χ1v) is 8.76. The van der Waals surface area contributed by atoms with Crippen LogP contribution in [0.5, 0.6) is 0 Å². The van der Waals surface area contributed by atoms with Crippen LogP contribution >= 0.6 is 0 Å². The van der Waals surface area contributed by atoms with Crippen molar-refractivity contribution >= 4 is 34.7 Å². The highest BCUT2D eigenvalue weighted by Gasteiger charge is 2.38. The van der Waals surface area contributed by atoms with Crippen molar-refractivity contribution in [1.82, 2.24) is 9.97 Å². The Hall–Kier alpha value is -3.42. The fraction of sp³-hybridized carbons (Fsp3) is 0.263. The molecule has 0 atom stereocenters. The molecule has 2 aliphatic heterocycles. The number of amides is 2. The second kappa shape index (κ2) is 6.39. The highest BCUT2D eigenvalue weighted by Crippen LogP contribution is 2.30. The Morgan fingerprint density at radius 1 is 1.00 bits per heavy atom. The third kappa shape index (κ3) is 2.52. The van der Waals surface area contributed by atoms with E-state index in [2.05, 4.69) is 20.2 Å². The Bertz CT molecular complexity index is 1010. The van der Waals surface area contributed by atoms with Gasteiger partial charge in [0.05, 0.1) is 11.3 Å². The van der Waals surface area contributed by atoms with Crippen molar-refractivity contribution in [2.24, 2.45) is 10.2 Å². The zero-order valence-electron chi connectivity index (χ0n) is 15.2. The minimum absolute atomic E-state index is 0.0717. The standard InChI is InChI=1S/C19H18N6O2/c1-4-24-13-8-6-9-20-15(13)16(18(24)26)23-22-14-12-7-5-10-21-17(12)25(11(2)3)19(14)27/h5-11H,4H2,1-3H3/b22-14-,23-16-. The largest absolute Gasteiger partial charge is 0.305 e. The van der Waals surface area contributed by atoms with Gasteiger partial charge < -0.3 is 4.90 Å². The summed E-state index contributed by atoms with van der Waals surface area (Å²) in [4.78, 5) is 37.3. The minimum Gasteiger partial charge on any atom is -0.305 e. The number of pyridine rings is 2. The first-order chi connectivity index (χ1) is 13.0. The predicted octanol–water partition coefficient (Wildman–Crippen LogP) is 1.79. The fourth-order valence-corrected chi connectivity index (χ4v) is 3.31. The molecule has 0 radical (unpaired) electrons. The Kier molecular flexibility index (Phi) is 4.02. The van der Waals surface area contributed by atoms with Crippen LogP contribution in [0.25, 0.3) is 0 Å². The van der Waals surface area contributed by atoms with Gasteiger partial charge in [0.15, 0.2) is 11.4 Å². The molecule has 0 aliphatic carbocycles. The molecule has 0 aromatic carbocycles. The van der Waals surface area contributed by atoms with Gasteiger partial charge in [-0.25, -0.2) is 4.98 Å². The molecule has 0 bridgehead atoms. The number of hydrogen-bond acceptors (Lipinski definition) is 6. The maximum Gasteiger partial charge on any atom is 0.281 e. The number of carbonyl (C=O) groups excluding carboxylic acids is 2. The number of anilines is 2. The molecule has 8 heteroatoms. The number of nitrogens with zero attached hydrogens (tertiary/aromatic N) is 6. The summed E-state index contributed by atoms with van der Waals surface area (Å²) in [6.07, 6.45) is 3.24. The van der Waals surface area contributed by atoms with Crippen molar-refractivity contribution in [3.05, 3.63) is 47.9 Å². The van der Waals surface area contributed by atoms with Crippen LogP contribution in [0.15, 0.2) is 46.9 Å². The lowest BCUT2D eigenvalue weighted by Gasteiger charge is -2.19. The Morgan fingerprint density at radius 2 is 1.70 bits per heavy atom. The summed E-state index contributed by atoms with van der Waals surface area (Å²) < 4.78 is 0. The smallest absolute Gasteiger partial charge is 0.281 e. The van der Waals surface area contributed by atoms with Gasteiger partial charge in [-0.3, -0.25) is 19.5 Å². The van der Waals surface area contributed by atoms with E-state index in [-0.39, 0.29) is 29.3 Å². The predicted molar refractivity (Wildman–Crippen MR) is 102 cm³/mol. The maximum absolute atomic E-state index is 12.8. The molecule has 27 heavy (non-hydrogen) atoms. The van der Waals surface area contributed by atoms with Gasteiger partial charge in [-0.05, 0) is 45.0 Å². The Balaban J connectivity index is 1.81. The van der Waals surface area contributed by atoms with E-state index in [9.17, 15) is 9.59 Å². The van der Waals surface area contributed by atoms with Crippen molar-refractivity contribution in [2.45, 2.75) is 26.8 Å². The summed E-state index contributed by atoms with van der Waals surface area (Å²) in [6, 6.07) is 7.04. The summed E-state index contributed by atoms with van der Waals surface area (Å²) in [7, 11) is 0.